The lowest BCUT2D eigenvalue weighted by atomic mass is 9.78. The predicted octanol–water partition coefficient (Wildman–Crippen LogP) is 2.12. The van der Waals surface area contributed by atoms with E-state index in [-0.39, 0.29) is 17.7 Å². The van der Waals surface area contributed by atoms with Crippen LogP contribution in [0.15, 0.2) is 18.2 Å². The van der Waals surface area contributed by atoms with Crippen LogP contribution in [-0.4, -0.2) is 44.5 Å². The number of benzene rings is 1. The van der Waals surface area contributed by atoms with Crippen molar-refractivity contribution in [3.63, 3.8) is 0 Å². The Kier molecular flexibility index (Phi) is 4.58. The van der Waals surface area contributed by atoms with Gasteiger partial charge in [0.25, 0.3) is 0 Å². The molecule has 2 saturated heterocycles. The second-order valence-electron chi connectivity index (χ2n) is 7.75. The van der Waals surface area contributed by atoms with Crippen molar-refractivity contribution in [2.24, 2.45) is 5.92 Å². The molecule has 0 radical (unpaired) electrons. The van der Waals surface area contributed by atoms with Gasteiger partial charge in [-0.15, -0.1) is 0 Å². The van der Waals surface area contributed by atoms with Crippen molar-refractivity contribution in [2.45, 2.75) is 45.3 Å². The molecule has 1 atom stereocenters. The molecule has 0 saturated carbocycles. The Morgan fingerprint density at radius 3 is 2.48 bits per heavy atom. The van der Waals surface area contributed by atoms with Gasteiger partial charge in [0.1, 0.15) is 5.82 Å². The minimum atomic E-state index is -0.722. The minimum Gasteiger partial charge on any atom is -0.469 e. The molecule has 1 aromatic carbocycles. The third kappa shape index (κ3) is 3.27. The average Bonchev–Trinajstić information content (AvgIpc) is 3.09. The van der Waals surface area contributed by atoms with Gasteiger partial charge in [-0.25, -0.2) is 4.39 Å². The maximum atomic E-state index is 14.7. The molecule has 0 aliphatic carbocycles. The van der Waals surface area contributed by atoms with Gasteiger partial charge in [0.05, 0.1) is 24.2 Å². The first-order chi connectivity index (χ1) is 11.6. The van der Waals surface area contributed by atoms with Gasteiger partial charge in [-0.2, -0.15) is 0 Å². The van der Waals surface area contributed by atoms with E-state index in [4.69, 9.17) is 14.0 Å². The molecule has 2 heterocycles. The van der Waals surface area contributed by atoms with Crippen molar-refractivity contribution in [2.75, 3.05) is 25.1 Å². The zero-order chi connectivity index (χ0) is 18.4. The molecule has 5 nitrogen and oxygen atoms in total. The quantitative estimate of drug-likeness (QED) is 0.618. The molecular formula is C18H25BFNO4. The molecule has 0 N–H and O–H groups in total. The highest BCUT2D eigenvalue weighted by Crippen LogP contribution is 2.37. The number of ether oxygens (including phenoxy) is 1. The van der Waals surface area contributed by atoms with E-state index in [2.05, 4.69) is 0 Å². The number of anilines is 1. The Balaban J connectivity index is 1.76. The Labute approximate surface area is 148 Å². The van der Waals surface area contributed by atoms with Crippen LogP contribution in [0.5, 0.6) is 0 Å². The van der Waals surface area contributed by atoms with Crippen LogP contribution in [0.3, 0.4) is 0 Å². The summed E-state index contributed by atoms with van der Waals surface area (Å²) >= 11 is 0. The van der Waals surface area contributed by atoms with E-state index in [1.807, 2.05) is 38.7 Å². The number of rotatable bonds is 3. The minimum absolute atomic E-state index is 0.157. The van der Waals surface area contributed by atoms with Gasteiger partial charge in [0, 0.05) is 24.2 Å². The Morgan fingerprint density at radius 2 is 1.92 bits per heavy atom. The lowest BCUT2D eigenvalue weighted by Gasteiger charge is -2.32. The molecule has 0 bridgehead atoms. The topological polar surface area (TPSA) is 48.0 Å². The van der Waals surface area contributed by atoms with Crippen LogP contribution in [0.1, 0.15) is 34.1 Å². The highest BCUT2D eigenvalue weighted by Gasteiger charge is 2.52. The second-order valence-corrected chi connectivity index (χ2v) is 7.75. The summed E-state index contributed by atoms with van der Waals surface area (Å²) in [6.07, 6.45) is 0.716. The van der Waals surface area contributed by atoms with Crippen LogP contribution in [-0.2, 0) is 18.8 Å². The maximum Gasteiger partial charge on any atom is 0.497 e. The molecule has 7 heteroatoms. The summed E-state index contributed by atoms with van der Waals surface area (Å²) in [5.74, 6) is -0.731. The van der Waals surface area contributed by atoms with E-state index in [1.54, 1.807) is 6.07 Å². The zero-order valence-corrected chi connectivity index (χ0v) is 15.5. The number of hydrogen-bond acceptors (Lipinski definition) is 5. The van der Waals surface area contributed by atoms with Crippen LogP contribution in [0.2, 0.25) is 0 Å². The van der Waals surface area contributed by atoms with E-state index in [0.717, 1.165) is 5.69 Å². The van der Waals surface area contributed by atoms with Crippen LogP contribution >= 0.6 is 0 Å². The summed E-state index contributed by atoms with van der Waals surface area (Å²) in [5.41, 5.74) is 0.131. The zero-order valence-electron chi connectivity index (χ0n) is 15.5. The van der Waals surface area contributed by atoms with E-state index in [9.17, 15) is 9.18 Å². The standard InChI is InChI=1S/C18H25BFNO4/c1-17(2)18(3,4)25-19(24-17)14-7-6-13(10-15(14)20)21-9-8-12(11-21)16(22)23-5/h6-7,10,12H,8-9,11H2,1-5H3/t12-/m0/s1. The largest absolute Gasteiger partial charge is 0.497 e. The number of carbonyl (C=O) groups excluding carboxylic acids is 1. The van der Waals surface area contributed by atoms with E-state index < -0.39 is 18.3 Å². The first kappa shape index (κ1) is 18.2. The fraction of sp³-hybridized carbons (Fsp3) is 0.611. The summed E-state index contributed by atoms with van der Waals surface area (Å²) in [6.45, 7) is 9.01. The van der Waals surface area contributed by atoms with Crippen molar-refractivity contribution in [1.29, 1.82) is 0 Å². The average molecular weight is 349 g/mol. The van der Waals surface area contributed by atoms with Crippen LogP contribution in [0.4, 0.5) is 10.1 Å². The van der Waals surface area contributed by atoms with Crippen molar-refractivity contribution >= 4 is 24.2 Å². The Hall–Kier alpha value is -1.60. The predicted molar refractivity (Wildman–Crippen MR) is 94.5 cm³/mol. The van der Waals surface area contributed by atoms with Gasteiger partial charge in [0.15, 0.2) is 0 Å². The number of hydrogen-bond donors (Lipinski definition) is 0. The Morgan fingerprint density at radius 1 is 1.28 bits per heavy atom. The summed E-state index contributed by atoms with van der Waals surface area (Å²) in [7, 11) is 0.671. The number of halogens is 1. The van der Waals surface area contributed by atoms with E-state index >= 15 is 0 Å². The summed E-state index contributed by atoms with van der Waals surface area (Å²) in [5, 5.41) is 0. The van der Waals surface area contributed by atoms with Crippen molar-refractivity contribution in [3.8, 4) is 0 Å². The maximum absolute atomic E-state index is 14.7. The molecule has 2 fully saturated rings. The SMILES string of the molecule is COC(=O)[C@H]1CCN(c2ccc(B3OC(C)(C)C(C)(C)O3)c(F)c2)C1. The van der Waals surface area contributed by atoms with E-state index in [1.165, 1.54) is 13.2 Å². The fourth-order valence-corrected chi connectivity index (χ4v) is 3.23. The third-order valence-corrected chi connectivity index (χ3v) is 5.58. The molecule has 2 aliphatic rings. The van der Waals surface area contributed by atoms with Gasteiger partial charge in [-0.3, -0.25) is 4.79 Å². The smallest absolute Gasteiger partial charge is 0.469 e. The summed E-state index contributed by atoms with van der Waals surface area (Å²) < 4.78 is 31.3. The van der Waals surface area contributed by atoms with Gasteiger partial charge >= 0.3 is 13.1 Å². The molecule has 136 valence electrons. The highest BCUT2D eigenvalue weighted by atomic mass is 19.1. The molecule has 0 unspecified atom stereocenters. The summed E-state index contributed by atoms with van der Waals surface area (Å²) in [6, 6.07) is 5.04. The molecule has 0 aromatic heterocycles. The van der Waals surface area contributed by atoms with Gasteiger partial charge in [-0.1, -0.05) is 6.07 Å². The van der Waals surface area contributed by atoms with Crippen molar-refractivity contribution in [1.82, 2.24) is 0 Å². The monoisotopic (exact) mass is 349 g/mol. The van der Waals surface area contributed by atoms with Gasteiger partial charge in [-0.05, 0) is 46.2 Å². The van der Waals surface area contributed by atoms with Gasteiger partial charge in [0.2, 0.25) is 0 Å². The van der Waals surface area contributed by atoms with Crippen LogP contribution < -0.4 is 10.4 Å². The second kappa shape index (κ2) is 6.29. The fourth-order valence-electron chi connectivity index (χ4n) is 3.23. The molecule has 2 aliphatic heterocycles. The molecule has 3 rings (SSSR count). The molecule has 1 aromatic rings. The van der Waals surface area contributed by atoms with Crippen LogP contribution in [0, 0.1) is 11.7 Å². The third-order valence-electron chi connectivity index (χ3n) is 5.58. The molecular weight excluding hydrogens is 324 g/mol. The van der Waals surface area contributed by atoms with Gasteiger partial charge < -0.3 is 18.9 Å². The van der Waals surface area contributed by atoms with Crippen molar-refractivity contribution in [3.05, 3.63) is 24.0 Å². The molecule has 0 amide bonds. The first-order valence-electron chi connectivity index (χ1n) is 8.62. The molecule has 0 spiro atoms. The lowest BCUT2D eigenvalue weighted by molar-refractivity contribution is -0.144. The number of nitrogens with zero attached hydrogens (tertiary/aromatic N) is 1. The lowest BCUT2D eigenvalue weighted by Crippen LogP contribution is -2.41. The van der Waals surface area contributed by atoms with Crippen LogP contribution in [0.25, 0.3) is 0 Å². The normalized spacial score (nSPS) is 24.6. The molecule has 25 heavy (non-hydrogen) atoms. The number of esters is 1. The van der Waals surface area contributed by atoms with E-state index in [0.29, 0.717) is 25.0 Å². The summed E-state index contributed by atoms with van der Waals surface area (Å²) in [4.78, 5) is 13.7. The number of carbonyl (C=O) groups is 1. The van der Waals surface area contributed by atoms with Crippen molar-refractivity contribution < 1.29 is 23.2 Å². The first-order valence-corrected chi connectivity index (χ1v) is 8.62. The highest BCUT2D eigenvalue weighted by molar-refractivity contribution is 6.62. The number of methoxy groups -OCH3 is 1. The Bertz CT molecular complexity index is 663.